The number of H-pyrrole nitrogens is 1. The minimum Gasteiger partial charge on any atom is -0.355 e. The number of hydrogen-bond donors (Lipinski definition) is 1. The van der Waals surface area contributed by atoms with Crippen molar-refractivity contribution in [1.29, 1.82) is 5.26 Å². The number of rotatable bonds is 2. The number of benzene rings is 2. The number of nitrogens with zero attached hydrogens (tertiary/aromatic N) is 4. The fraction of sp³-hybridized carbons (Fsp3) is 0.105. The standard InChI is InChI=1S/C19H15N5/c1-24-8-7-17(14-4-2-3-13(9-14)11-20)22-19(24)15-5-6-18-16(10-15)12-21-23-18/h2-10,12,19H,1H3,(H,21,23). The van der Waals surface area contributed by atoms with Crippen LogP contribution in [0.3, 0.4) is 0 Å². The molecule has 1 aliphatic heterocycles. The average molecular weight is 313 g/mol. The molecule has 24 heavy (non-hydrogen) atoms. The van der Waals surface area contributed by atoms with Crippen LogP contribution in [-0.4, -0.2) is 27.9 Å². The summed E-state index contributed by atoms with van der Waals surface area (Å²) in [5.41, 5.74) is 4.58. The van der Waals surface area contributed by atoms with Crippen LogP contribution >= 0.6 is 0 Å². The summed E-state index contributed by atoms with van der Waals surface area (Å²) >= 11 is 0. The molecule has 0 spiro atoms. The summed E-state index contributed by atoms with van der Waals surface area (Å²) in [7, 11) is 2.01. The van der Waals surface area contributed by atoms with Crippen molar-refractivity contribution in [2.45, 2.75) is 6.17 Å². The summed E-state index contributed by atoms with van der Waals surface area (Å²) < 4.78 is 0. The second kappa shape index (κ2) is 5.67. The van der Waals surface area contributed by atoms with Crippen molar-refractivity contribution in [1.82, 2.24) is 15.1 Å². The average Bonchev–Trinajstić information content (AvgIpc) is 3.10. The van der Waals surface area contributed by atoms with Crippen molar-refractivity contribution in [2.24, 2.45) is 4.99 Å². The molecule has 0 fully saturated rings. The minimum absolute atomic E-state index is 0.102. The van der Waals surface area contributed by atoms with Gasteiger partial charge in [0.1, 0.15) is 6.17 Å². The highest BCUT2D eigenvalue weighted by atomic mass is 15.2. The molecule has 2 heterocycles. The van der Waals surface area contributed by atoms with E-state index in [-0.39, 0.29) is 6.17 Å². The molecule has 2 aromatic carbocycles. The molecular weight excluding hydrogens is 298 g/mol. The number of allylic oxidation sites excluding steroid dienone is 1. The smallest absolute Gasteiger partial charge is 0.147 e. The molecule has 5 nitrogen and oxygen atoms in total. The minimum atomic E-state index is -0.102. The van der Waals surface area contributed by atoms with Gasteiger partial charge in [0.2, 0.25) is 0 Å². The first kappa shape index (κ1) is 14.2. The van der Waals surface area contributed by atoms with Crippen molar-refractivity contribution >= 4 is 16.6 Å². The lowest BCUT2D eigenvalue weighted by atomic mass is 10.0. The lowest BCUT2D eigenvalue weighted by molar-refractivity contribution is 0.344. The Hall–Kier alpha value is -3.39. The lowest BCUT2D eigenvalue weighted by Crippen LogP contribution is -2.22. The molecule has 0 aliphatic carbocycles. The lowest BCUT2D eigenvalue weighted by Gasteiger charge is -2.28. The van der Waals surface area contributed by atoms with E-state index in [1.54, 1.807) is 6.07 Å². The van der Waals surface area contributed by atoms with Gasteiger partial charge in [0.25, 0.3) is 0 Å². The SMILES string of the molecule is CN1C=CC(c2cccc(C#N)c2)=NC1c1ccc2[nH]ncc2c1. The van der Waals surface area contributed by atoms with Crippen molar-refractivity contribution in [3.05, 3.63) is 77.6 Å². The molecule has 0 amide bonds. The third-order valence-corrected chi connectivity index (χ3v) is 4.16. The highest BCUT2D eigenvalue weighted by Crippen LogP contribution is 2.28. The molecule has 0 saturated carbocycles. The van der Waals surface area contributed by atoms with E-state index in [1.807, 2.05) is 49.8 Å². The fourth-order valence-corrected chi connectivity index (χ4v) is 2.89. The zero-order valence-electron chi connectivity index (χ0n) is 13.1. The first-order valence-corrected chi connectivity index (χ1v) is 7.66. The van der Waals surface area contributed by atoms with Crippen LogP contribution in [0.1, 0.15) is 22.9 Å². The maximum atomic E-state index is 9.09. The molecule has 1 aliphatic rings. The van der Waals surface area contributed by atoms with Crippen LogP contribution in [-0.2, 0) is 0 Å². The highest BCUT2D eigenvalue weighted by molar-refractivity contribution is 6.09. The van der Waals surface area contributed by atoms with E-state index in [4.69, 9.17) is 10.3 Å². The number of nitrogens with one attached hydrogen (secondary N) is 1. The number of hydrogen-bond acceptors (Lipinski definition) is 4. The Labute approximate surface area is 139 Å². The fourth-order valence-electron chi connectivity index (χ4n) is 2.89. The van der Waals surface area contributed by atoms with Gasteiger partial charge in [-0.15, -0.1) is 0 Å². The van der Waals surface area contributed by atoms with Crippen molar-refractivity contribution in [3.63, 3.8) is 0 Å². The number of aliphatic imine (C=N–C) groups is 1. The van der Waals surface area contributed by atoms with Crippen molar-refractivity contribution in [3.8, 4) is 6.07 Å². The van der Waals surface area contributed by atoms with Crippen molar-refractivity contribution in [2.75, 3.05) is 7.05 Å². The molecule has 4 rings (SSSR count). The predicted octanol–water partition coefficient (Wildman–Crippen LogP) is 3.38. The van der Waals surface area contributed by atoms with E-state index in [1.165, 1.54) is 0 Å². The summed E-state index contributed by atoms with van der Waals surface area (Å²) in [6, 6.07) is 15.9. The van der Waals surface area contributed by atoms with Gasteiger partial charge < -0.3 is 4.90 Å². The van der Waals surface area contributed by atoms with E-state index in [9.17, 15) is 0 Å². The normalized spacial score (nSPS) is 16.9. The molecular formula is C19H15N5. The molecule has 3 aromatic rings. The third-order valence-electron chi connectivity index (χ3n) is 4.16. The molecule has 5 heteroatoms. The predicted molar refractivity (Wildman–Crippen MR) is 93.4 cm³/mol. The van der Waals surface area contributed by atoms with Crippen LogP contribution in [0.2, 0.25) is 0 Å². The van der Waals surface area contributed by atoms with Gasteiger partial charge in [-0.25, -0.2) is 0 Å². The largest absolute Gasteiger partial charge is 0.355 e. The van der Waals surface area contributed by atoms with Gasteiger partial charge in [0.05, 0.1) is 29.1 Å². The summed E-state index contributed by atoms with van der Waals surface area (Å²) in [5.74, 6) is 0. The van der Waals surface area contributed by atoms with E-state index < -0.39 is 0 Å². The Balaban J connectivity index is 1.75. The van der Waals surface area contributed by atoms with Gasteiger partial charge >= 0.3 is 0 Å². The Morgan fingerprint density at radius 1 is 1.21 bits per heavy atom. The maximum Gasteiger partial charge on any atom is 0.147 e. The Kier molecular flexibility index (Phi) is 3.36. The zero-order chi connectivity index (χ0) is 16.5. The second-order valence-electron chi connectivity index (χ2n) is 5.78. The van der Waals surface area contributed by atoms with E-state index in [0.717, 1.165) is 27.7 Å². The molecule has 1 N–H and O–H groups in total. The van der Waals surface area contributed by atoms with Crippen LogP contribution in [0.4, 0.5) is 0 Å². The van der Waals surface area contributed by atoms with Crippen LogP contribution < -0.4 is 0 Å². The third kappa shape index (κ3) is 2.44. The molecule has 1 aromatic heterocycles. The van der Waals surface area contributed by atoms with Crippen LogP contribution in [0.15, 0.2) is 65.9 Å². The molecule has 1 atom stereocenters. The van der Waals surface area contributed by atoms with Gasteiger partial charge in [0.15, 0.2) is 0 Å². The van der Waals surface area contributed by atoms with Crippen molar-refractivity contribution < 1.29 is 0 Å². The first-order valence-electron chi connectivity index (χ1n) is 7.66. The maximum absolute atomic E-state index is 9.09. The molecule has 1 unspecified atom stereocenters. The van der Waals surface area contributed by atoms with Gasteiger partial charge in [0, 0.05) is 24.2 Å². The van der Waals surface area contributed by atoms with Gasteiger partial charge in [-0.3, -0.25) is 10.1 Å². The number of aromatic nitrogens is 2. The van der Waals surface area contributed by atoms with E-state index in [0.29, 0.717) is 5.56 Å². The molecule has 116 valence electrons. The summed E-state index contributed by atoms with van der Waals surface area (Å²) in [6.07, 6.45) is 5.71. The van der Waals surface area contributed by atoms with Gasteiger partial charge in [-0.2, -0.15) is 10.4 Å². The Bertz CT molecular complexity index is 1010. The topological polar surface area (TPSA) is 68.1 Å². The van der Waals surface area contributed by atoms with E-state index in [2.05, 4.69) is 33.3 Å². The Morgan fingerprint density at radius 2 is 2.12 bits per heavy atom. The van der Waals surface area contributed by atoms with Crippen LogP contribution in [0.5, 0.6) is 0 Å². The van der Waals surface area contributed by atoms with E-state index >= 15 is 0 Å². The molecule has 0 saturated heterocycles. The quantitative estimate of drug-likeness (QED) is 0.788. The molecule has 0 radical (unpaired) electrons. The first-order chi connectivity index (χ1) is 11.7. The number of nitriles is 1. The van der Waals surface area contributed by atoms with Crippen LogP contribution in [0.25, 0.3) is 10.9 Å². The Morgan fingerprint density at radius 3 is 3.00 bits per heavy atom. The summed E-state index contributed by atoms with van der Waals surface area (Å²) in [6.45, 7) is 0. The highest BCUT2D eigenvalue weighted by Gasteiger charge is 2.19. The zero-order valence-corrected chi connectivity index (χ0v) is 13.1. The summed E-state index contributed by atoms with van der Waals surface area (Å²) in [4.78, 5) is 6.95. The van der Waals surface area contributed by atoms with Gasteiger partial charge in [-0.1, -0.05) is 18.2 Å². The van der Waals surface area contributed by atoms with Gasteiger partial charge in [-0.05, 0) is 35.9 Å². The molecule has 0 bridgehead atoms. The number of fused-ring (bicyclic) bond motifs is 1. The summed E-state index contributed by atoms with van der Waals surface area (Å²) in [5, 5.41) is 17.2. The monoisotopic (exact) mass is 313 g/mol. The second-order valence-corrected chi connectivity index (χ2v) is 5.78. The van der Waals surface area contributed by atoms with Crippen LogP contribution in [0, 0.1) is 11.3 Å². The number of aromatic amines is 1.